The van der Waals surface area contributed by atoms with Gasteiger partial charge in [0.1, 0.15) is 0 Å². The van der Waals surface area contributed by atoms with E-state index in [0.717, 1.165) is 31.5 Å². The number of hydrogen-bond acceptors (Lipinski definition) is 1. The Hall–Kier alpha value is 1.16. The van der Waals surface area contributed by atoms with Gasteiger partial charge in [0.2, 0.25) is 0 Å². The third kappa shape index (κ3) is 3.33. The normalized spacial score (nSPS) is 17.5. The Morgan fingerprint density at radius 3 is 2.71 bits per heavy atom. The Kier molecular flexibility index (Phi) is 6.31. The molecule has 0 spiro atoms. The van der Waals surface area contributed by atoms with Crippen LogP contribution in [0.2, 0.25) is 0 Å². The van der Waals surface area contributed by atoms with E-state index in [1.54, 1.807) is 6.07 Å². The number of nitrogens with one attached hydrogen (secondary N) is 1. The van der Waals surface area contributed by atoms with Crippen molar-refractivity contribution in [2.75, 3.05) is 13.1 Å². The van der Waals surface area contributed by atoms with E-state index >= 15 is 0 Å². The molecule has 1 aliphatic heterocycles. The van der Waals surface area contributed by atoms with Crippen LogP contribution in [0.1, 0.15) is 24.3 Å². The molecule has 1 aliphatic rings. The molecule has 0 amide bonds. The van der Waals surface area contributed by atoms with E-state index < -0.39 is 0 Å². The molecule has 0 radical (unpaired) electrons. The second kappa shape index (κ2) is 6.68. The molecular formula is C11H13CsFN. The summed E-state index contributed by atoms with van der Waals surface area (Å²) in [4.78, 5) is 0. The van der Waals surface area contributed by atoms with E-state index in [4.69, 9.17) is 0 Å². The van der Waals surface area contributed by atoms with E-state index in [1.807, 2.05) is 6.07 Å². The maximum Gasteiger partial charge on any atom is 1.00 e. The fourth-order valence-corrected chi connectivity index (χ4v) is 1.89. The molecule has 1 heterocycles. The molecule has 2 rings (SSSR count). The van der Waals surface area contributed by atoms with Crippen molar-refractivity contribution < 1.29 is 73.3 Å². The number of halogens is 1. The molecule has 1 aromatic carbocycles. The molecule has 1 N–H and O–H groups in total. The summed E-state index contributed by atoms with van der Waals surface area (Å²) in [7, 11) is 0. The van der Waals surface area contributed by atoms with Crippen molar-refractivity contribution in [3.63, 3.8) is 0 Å². The van der Waals surface area contributed by atoms with Gasteiger partial charge in [0.25, 0.3) is 0 Å². The van der Waals surface area contributed by atoms with E-state index in [0.29, 0.717) is 5.92 Å². The van der Waals surface area contributed by atoms with Gasteiger partial charge in [-0.3, -0.25) is 4.39 Å². The zero-order chi connectivity index (χ0) is 9.10. The van der Waals surface area contributed by atoms with Gasteiger partial charge in [0.05, 0.1) is 0 Å². The number of rotatable bonds is 1. The van der Waals surface area contributed by atoms with E-state index in [2.05, 4.69) is 11.4 Å². The van der Waals surface area contributed by atoms with Crippen molar-refractivity contribution in [1.29, 1.82) is 0 Å². The largest absolute Gasteiger partial charge is 1.00 e. The van der Waals surface area contributed by atoms with Gasteiger partial charge in [-0.2, -0.15) is 18.2 Å². The van der Waals surface area contributed by atoms with Gasteiger partial charge in [0, 0.05) is 5.82 Å². The van der Waals surface area contributed by atoms with Gasteiger partial charge in [-0.15, -0.1) is 11.6 Å². The van der Waals surface area contributed by atoms with Gasteiger partial charge >= 0.3 is 68.9 Å². The molecule has 1 aromatic rings. The summed E-state index contributed by atoms with van der Waals surface area (Å²) in [5.74, 6) is 0.297. The topological polar surface area (TPSA) is 12.0 Å². The average molecular weight is 311 g/mol. The smallest absolute Gasteiger partial charge is 0.317 e. The van der Waals surface area contributed by atoms with E-state index in [9.17, 15) is 4.39 Å². The first-order chi connectivity index (χ1) is 6.38. The van der Waals surface area contributed by atoms with E-state index in [-0.39, 0.29) is 74.7 Å². The van der Waals surface area contributed by atoms with Crippen molar-refractivity contribution >= 4 is 0 Å². The average Bonchev–Trinajstić information content (AvgIpc) is 2.20. The molecule has 1 saturated heterocycles. The summed E-state index contributed by atoms with van der Waals surface area (Å²) in [6, 6.07) is 7.82. The zero-order valence-electron chi connectivity index (χ0n) is 8.52. The SMILES string of the molecule is Fc1c[c-]ccc1C1CCNCC1.[Cs+]. The van der Waals surface area contributed by atoms with Crippen LogP contribution in [-0.4, -0.2) is 13.1 Å². The fraction of sp³-hybridized carbons (Fsp3) is 0.455. The maximum absolute atomic E-state index is 13.3. The quantitative estimate of drug-likeness (QED) is 0.663. The predicted molar refractivity (Wildman–Crippen MR) is 50.1 cm³/mol. The molecule has 0 aromatic heterocycles. The Bertz CT molecular complexity index is 284. The van der Waals surface area contributed by atoms with Gasteiger partial charge in [-0.1, -0.05) is 0 Å². The Balaban J connectivity index is 0.000000980. The molecule has 0 bridgehead atoms. The Labute approximate surface area is 143 Å². The second-order valence-electron chi connectivity index (χ2n) is 3.47. The zero-order valence-corrected chi connectivity index (χ0v) is 14.8. The predicted octanol–water partition coefficient (Wildman–Crippen LogP) is -0.903. The van der Waals surface area contributed by atoms with Crippen LogP contribution in [-0.2, 0) is 0 Å². The van der Waals surface area contributed by atoms with Crippen LogP contribution in [0.25, 0.3) is 0 Å². The summed E-state index contributed by atoms with van der Waals surface area (Å²) >= 11 is 0. The van der Waals surface area contributed by atoms with E-state index in [1.165, 1.54) is 6.07 Å². The number of piperidine rings is 1. The van der Waals surface area contributed by atoms with Crippen LogP contribution < -0.4 is 74.2 Å². The molecule has 14 heavy (non-hydrogen) atoms. The van der Waals surface area contributed by atoms with Crippen molar-refractivity contribution in [3.05, 3.63) is 35.6 Å². The van der Waals surface area contributed by atoms with Crippen molar-refractivity contribution in [3.8, 4) is 0 Å². The number of benzene rings is 1. The number of hydrogen-bond donors (Lipinski definition) is 1. The molecule has 1 fully saturated rings. The minimum atomic E-state index is -0.102. The summed E-state index contributed by atoms with van der Waals surface area (Å²) in [6.07, 6.45) is 2.09. The Morgan fingerprint density at radius 1 is 1.36 bits per heavy atom. The monoisotopic (exact) mass is 311 g/mol. The fourth-order valence-electron chi connectivity index (χ4n) is 1.89. The minimum absolute atomic E-state index is 0. The molecule has 0 aliphatic carbocycles. The van der Waals surface area contributed by atoms with Crippen molar-refractivity contribution in [1.82, 2.24) is 5.32 Å². The van der Waals surface area contributed by atoms with Crippen LogP contribution in [0.3, 0.4) is 0 Å². The minimum Gasteiger partial charge on any atom is -0.317 e. The van der Waals surface area contributed by atoms with Gasteiger partial charge in [-0.25, -0.2) is 0 Å². The molecule has 70 valence electrons. The van der Waals surface area contributed by atoms with Gasteiger partial charge in [-0.05, 0) is 31.8 Å². The standard InChI is InChI=1S/C11H13FN.Cs/c12-11-4-2-1-3-10(11)9-5-7-13-8-6-9;/h1,3-4,9,13H,5-8H2;/q-1;+1. The van der Waals surface area contributed by atoms with Crippen molar-refractivity contribution in [2.45, 2.75) is 18.8 Å². The molecular weight excluding hydrogens is 298 g/mol. The third-order valence-corrected chi connectivity index (χ3v) is 2.62. The molecule has 0 unspecified atom stereocenters. The van der Waals surface area contributed by atoms with Crippen molar-refractivity contribution in [2.24, 2.45) is 0 Å². The summed E-state index contributed by atoms with van der Waals surface area (Å²) in [6.45, 7) is 2.01. The summed E-state index contributed by atoms with van der Waals surface area (Å²) in [5, 5.41) is 3.27. The Morgan fingerprint density at radius 2 is 2.07 bits per heavy atom. The maximum atomic E-state index is 13.3. The molecule has 1 nitrogen and oxygen atoms in total. The van der Waals surface area contributed by atoms with Crippen LogP contribution in [0.15, 0.2) is 18.2 Å². The first kappa shape index (κ1) is 13.2. The van der Waals surface area contributed by atoms with Crippen LogP contribution in [0, 0.1) is 11.9 Å². The van der Waals surface area contributed by atoms with Crippen LogP contribution in [0.4, 0.5) is 4.39 Å². The first-order valence-electron chi connectivity index (χ1n) is 4.74. The molecule has 0 saturated carbocycles. The third-order valence-electron chi connectivity index (χ3n) is 2.62. The first-order valence-corrected chi connectivity index (χ1v) is 4.74. The summed E-state index contributed by atoms with van der Waals surface area (Å²) in [5.41, 5.74) is 0.861. The van der Waals surface area contributed by atoms with Gasteiger partial charge in [0.15, 0.2) is 0 Å². The van der Waals surface area contributed by atoms with Crippen LogP contribution >= 0.6 is 0 Å². The second-order valence-corrected chi connectivity index (χ2v) is 3.47. The molecule has 3 heteroatoms. The summed E-state index contributed by atoms with van der Waals surface area (Å²) < 4.78 is 13.3. The van der Waals surface area contributed by atoms with Crippen LogP contribution in [0.5, 0.6) is 0 Å². The molecule has 0 atom stereocenters. The van der Waals surface area contributed by atoms with Gasteiger partial charge < -0.3 is 5.32 Å².